The average molecular weight is 697 g/mol. The second-order valence-electron chi connectivity index (χ2n) is 9.40. The summed E-state index contributed by atoms with van der Waals surface area (Å²) < 4.78 is 0. The van der Waals surface area contributed by atoms with Crippen molar-refractivity contribution < 1.29 is 68.4 Å². The van der Waals surface area contributed by atoms with Gasteiger partial charge in [-0.1, -0.05) is 21.6 Å². The van der Waals surface area contributed by atoms with Gasteiger partial charge in [-0.15, -0.1) is 0 Å². The van der Waals surface area contributed by atoms with E-state index in [4.69, 9.17) is 31.9 Å². The predicted molar refractivity (Wildman–Crippen MR) is 159 cm³/mol. The third kappa shape index (κ3) is 15.6. The Morgan fingerprint density at radius 3 is 1.72 bits per heavy atom. The van der Waals surface area contributed by atoms with E-state index >= 15 is 0 Å². The molecule has 0 aromatic rings. The van der Waals surface area contributed by atoms with Crippen LogP contribution in [0.4, 0.5) is 0 Å². The number of carboxylic acid groups (broad SMARTS) is 4. The van der Waals surface area contributed by atoms with Crippen LogP contribution in [-0.4, -0.2) is 138 Å². The summed E-state index contributed by atoms with van der Waals surface area (Å²) in [5.74, 6) is -12.6. The van der Waals surface area contributed by atoms with Gasteiger partial charge in [0.2, 0.25) is 29.5 Å². The van der Waals surface area contributed by atoms with E-state index in [9.17, 15) is 47.9 Å². The lowest BCUT2D eigenvalue weighted by atomic mass is 10.1. The van der Waals surface area contributed by atoms with Crippen LogP contribution in [0.5, 0.6) is 0 Å². The molecule has 0 radical (unpaired) electrons. The van der Waals surface area contributed by atoms with Gasteiger partial charge < -0.3 is 42.5 Å². The fraction of sp³-hybridized carbons (Fsp3) is 0.583. The monoisotopic (exact) mass is 696 g/mol. The highest BCUT2D eigenvalue weighted by Crippen LogP contribution is 2.26. The van der Waals surface area contributed by atoms with Gasteiger partial charge in [-0.25, -0.2) is 0 Å². The van der Waals surface area contributed by atoms with Crippen molar-refractivity contribution in [3.63, 3.8) is 0 Å². The Labute approximate surface area is 269 Å². The molecule has 0 bridgehead atoms. The number of carbonyl (C=O) groups is 10. The van der Waals surface area contributed by atoms with Crippen molar-refractivity contribution in [1.82, 2.24) is 20.4 Å². The van der Waals surface area contributed by atoms with Crippen molar-refractivity contribution >= 4 is 80.9 Å². The normalized spacial score (nSPS) is 13.2. The maximum absolute atomic E-state index is 13.1. The van der Waals surface area contributed by atoms with Crippen LogP contribution in [0.2, 0.25) is 0 Å². The second-order valence-corrected chi connectivity index (χ2v) is 12.0. The Bertz CT molecular complexity index is 1200. The minimum Gasteiger partial charge on any atom is -0.480 e. The van der Waals surface area contributed by atoms with Crippen LogP contribution in [0.15, 0.2) is 0 Å². The van der Waals surface area contributed by atoms with E-state index in [1.165, 1.54) is 0 Å². The van der Waals surface area contributed by atoms with Crippen LogP contribution in [0.1, 0.15) is 39.5 Å². The maximum Gasteiger partial charge on any atom is 0.323 e. The van der Waals surface area contributed by atoms with Crippen LogP contribution in [0.3, 0.4) is 0 Å². The number of aliphatic carboxylic acids is 4. The summed E-state index contributed by atoms with van der Waals surface area (Å²) in [5.41, 5.74) is 10.8. The molecule has 0 saturated carbocycles. The second kappa shape index (κ2) is 20.7. The van der Waals surface area contributed by atoms with Crippen molar-refractivity contribution in [3.05, 3.63) is 0 Å². The Morgan fingerprint density at radius 2 is 1.26 bits per heavy atom. The molecule has 0 heterocycles. The number of rotatable bonds is 21. The van der Waals surface area contributed by atoms with Gasteiger partial charge in [0, 0.05) is 38.2 Å². The van der Waals surface area contributed by atoms with E-state index in [1.807, 2.05) is 5.32 Å². The lowest BCUT2D eigenvalue weighted by Gasteiger charge is -2.28. The van der Waals surface area contributed by atoms with E-state index in [0.717, 1.165) is 35.4 Å². The minimum absolute atomic E-state index is 0.324. The van der Waals surface area contributed by atoms with Crippen molar-refractivity contribution in [2.45, 2.75) is 63.7 Å². The minimum atomic E-state index is -1.63. The molecule has 0 aliphatic rings. The van der Waals surface area contributed by atoms with E-state index in [2.05, 4.69) is 5.32 Å². The van der Waals surface area contributed by atoms with Gasteiger partial charge >= 0.3 is 23.9 Å². The van der Waals surface area contributed by atoms with Crippen LogP contribution in [0.25, 0.3) is 0 Å². The molecule has 0 saturated heterocycles. The number of hydrogen-bond acceptors (Lipinski definition) is 14. The standard InChI is InChI=1S/C24H36N6O14S2/c1-11(31)29(8-20(37)38)22(40)15(28-17(33)5-3-13(25)23(41)42)9-45-46-10-16(21(39)27-7-19(35)36)30(12(2)32)18(34)6-4-14(26)24(43)44/h13-16H,3-10,25-26H2,1-2H3,(H,27,39)(H,28,33)(H,35,36)(H,37,38)(H,41,42)(H,43,44)/t13-,14-,15-,16-/m0/s1. The summed E-state index contributed by atoms with van der Waals surface area (Å²) in [4.78, 5) is 121. The van der Waals surface area contributed by atoms with Crippen molar-refractivity contribution in [1.29, 1.82) is 0 Å². The number of nitrogens with one attached hydrogen (secondary N) is 2. The lowest BCUT2D eigenvalue weighted by Crippen LogP contribution is -2.54. The summed E-state index contributed by atoms with van der Waals surface area (Å²) in [7, 11) is 1.54. The molecule has 258 valence electrons. The van der Waals surface area contributed by atoms with Crippen molar-refractivity contribution in [2.75, 3.05) is 24.6 Å². The topological polar surface area (TPSA) is 334 Å². The first-order valence-electron chi connectivity index (χ1n) is 13.2. The highest BCUT2D eigenvalue weighted by atomic mass is 33.1. The smallest absolute Gasteiger partial charge is 0.323 e. The molecule has 4 atom stereocenters. The molecule has 0 fully saturated rings. The van der Waals surface area contributed by atoms with Crippen LogP contribution in [-0.2, 0) is 47.9 Å². The Kier molecular flexibility index (Phi) is 18.8. The average Bonchev–Trinajstić information content (AvgIpc) is 2.95. The first-order chi connectivity index (χ1) is 21.3. The number of hydrogen-bond donors (Lipinski definition) is 8. The van der Waals surface area contributed by atoms with Crippen molar-refractivity contribution in [3.8, 4) is 0 Å². The molecule has 46 heavy (non-hydrogen) atoms. The molecule has 6 amide bonds. The van der Waals surface area contributed by atoms with Gasteiger partial charge in [0.05, 0.1) is 0 Å². The van der Waals surface area contributed by atoms with Gasteiger partial charge in [-0.2, -0.15) is 0 Å². The van der Waals surface area contributed by atoms with E-state index in [0.29, 0.717) is 9.80 Å². The number of imide groups is 2. The Balaban J connectivity index is 5.98. The van der Waals surface area contributed by atoms with Gasteiger partial charge in [-0.3, -0.25) is 57.7 Å². The number of nitrogens with two attached hydrogens (primary N) is 2. The zero-order valence-corrected chi connectivity index (χ0v) is 26.3. The quantitative estimate of drug-likeness (QED) is 0.0429. The first-order valence-corrected chi connectivity index (χ1v) is 15.6. The fourth-order valence-electron chi connectivity index (χ4n) is 3.39. The molecule has 0 rings (SSSR count). The van der Waals surface area contributed by atoms with E-state index in [-0.39, 0.29) is 12.2 Å². The number of carbonyl (C=O) groups excluding carboxylic acids is 6. The molecule has 0 spiro atoms. The highest BCUT2D eigenvalue weighted by Gasteiger charge is 2.35. The molecule has 0 aromatic heterocycles. The van der Waals surface area contributed by atoms with Gasteiger partial charge in [0.1, 0.15) is 37.3 Å². The van der Waals surface area contributed by atoms with Crippen LogP contribution >= 0.6 is 21.6 Å². The molecule has 22 heteroatoms. The molecule has 20 nitrogen and oxygen atoms in total. The highest BCUT2D eigenvalue weighted by molar-refractivity contribution is 8.76. The largest absolute Gasteiger partial charge is 0.480 e. The summed E-state index contributed by atoms with van der Waals surface area (Å²) in [5, 5.41) is 40.2. The molecular weight excluding hydrogens is 660 g/mol. The third-order valence-corrected chi connectivity index (χ3v) is 8.14. The zero-order valence-electron chi connectivity index (χ0n) is 24.7. The summed E-state index contributed by atoms with van der Waals surface area (Å²) in [6.07, 6.45) is -1.74. The summed E-state index contributed by atoms with van der Waals surface area (Å²) in [6.45, 7) is -0.0844. The lowest BCUT2D eigenvalue weighted by molar-refractivity contribution is -0.152. The molecule has 0 aromatic carbocycles. The molecule has 0 unspecified atom stereocenters. The number of carboxylic acids is 4. The fourth-order valence-corrected chi connectivity index (χ4v) is 5.74. The maximum atomic E-state index is 13.1. The van der Waals surface area contributed by atoms with E-state index in [1.54, 1.807) is 0 Å². The molecular formula is C24H36N6O14S2. The van der Waals surface area contributed by atoms with Crippen molar-refractivity contribution in [2.24, 2.45) is 11.5 Å². The zero-order chi connectivity index (χ0) is 35.7. The van der Waals surface area contributed by atoms with Gasteiger partial charge in [0.25, 0.3) is 5.91 Å². The third-order valence-electron chi connectivity index (χ3n) is 5.74. The van der Waals surface area contributed by atoms with E-state index < -0.39 is 122 Å². The van der Waals surface area contributed by atoms with Crippen LogP contribution < -0.4 is 22.1 Å². The molecule has 0 aliphatic heterocycles. The SMILES string of the molecule is CC(=O)N(CC(=O)O)C(=O)[C@H](CSSC[C@@H](C(=O)NCC(=O)O)N(C(C)=O)C(=O)CC[C@H](N)C(=O)O)NC(=O)CC[C@H](N)C(=O)O. The summed E-state index contributed by atoms with van der Waals surface area (Å²) in [6, 6.07) is -6.05. The first kappa shape index (κ1) is 41.7. The molecule has 10 N–H and O–H groups in total. The summed E-state index contributed by atoms with van der Waals surface area (Å²) >= 11 is 0. The Morgan fingerprint density at radius 1 is 0.739 bits per heavy atom. The number of nitrogens with zero attached hydrogens (tertiary/aromatic N) is 2. The van der Waals surface area contributed by atoms with Crippen LogP contribution in [0, 0.1) is 0 Å². The number of amides is 6. The Hall–Kier alpha value is -4.28. The molecule has 0 aliphatic carbocycles. The van der Waals surface area contributed by atoms with Gasteiger partial charge in [0.15, 0.2) is 0 Å². The van der Waals surface area contributed by atoms with Gasteiger partial charge in [-0.05, 0) is 12.8 Å². The predicted octanol–water partition coefficient (Wildman–Crippen LogP) is -3.36.